The first-order valence-electron chi connectivity index (χ1n) is 10.2. The summed E-state index contributed by atoms with van der Waals surface area (Å²) in [6, 6.07) is 11.4. The van der Waals surface area contributed by atoms with E-state index in [2.05, 4.69) is 33.7 Å². The van der Waals surface area contributed by atoms with Gasteiger partial charge in [-0.3, -0.25) is 4.98 Å². The van der Waals surface area contributed by atoms with Crippen molar-refractivity contribution in [1.29, 1.82) is 0 Å². The Morgan fingerprint density at radius 1 is 1.07 bits per heavy atom. The van der Waals surface area contributed by atoms with Gasteiger partial charge < -0.3 is 10.5 Å². The van der Waals surface area contributed by atoms with Gasteiger partial charge in [-0.05, 0) is 68.7 Å². The molecule has 0 aliphatic heterocycles. The lowest BCUT2D eigenvalue weighted by atomic mass is 9.92. The largest absolute Gasteiger partial charge is 0.411 e. The average Bonchev–Trinajstić information content (AvgIpc) is 2.75. The second kappa shape index (κ2) is 8.99. The fourth-order valence-corrected chi connectivity index (χ4v) is 4.00. The molecule has 2 heterocycles. The molecule has 1 aromatic carbocycles. The Kier molecular flexibility index (Phi) is 5.98. The molecule has 0 saturated carbocycles. The molecular formula is C23H25FN4O. The molecule has 2 aromatic heterocycles. The zero-order valence-electron chi connectivity index (χ0n) is 16.4. The third-order valence-corrected chi connectivity index (χ3v) is 5.44. The summed E-state index contributed by atoms with van der Waals surface area (Å²) in [5.74, 6) is -0.484. The number of unbranched alkanes of at least 4 members (excludes halogenated alkanes) is 1. The highest BCUT2D eigenvalue weighted by molar-refractivity contribution is 5.93. The van der Waals surface area contributed by atoms with Crippen LogP contribution in [0.1, 0.15) is 48.3 Å². The van der Waals surface area contributed by atoms with Crippen molar-refractivity contribution in [3.8, 4) is 0 Å². The van der Waals surface area contributed by atoms with Crippen LogP contribution in [0.2, 0.25) is 0 Å². The molecule has 1 aliphatic carbocycles. The van der Waals surface area contributed by atoms with Gasteiger partial charge in [-0.1, -0.05) is 23.4 Å². The first-order chi connectivity index (χ1) is 14.3. The van der Waals surface area contributed by atoms with Crippen molar-refractivity contribution in [3.63, 3.8) is 0 Å². The number of rotatable bonds is 7. The number of halogens is 1. The molecule has 29 heavy (non-hydrogen) atoms. The third-order valence-electron chi connectivity index (χ3n) is 5.44. The molecule has 6 heteroatoms. The number of nitrogens with zero attached hydrogens (tertiary/aromatic N) is 3. The number of fused-ring (bicyclic) bond motifs is 2. The highest BCUT2D eigenvalue weighted by Gasteiger charge is 2.17. The fraction of sp³-hybridized carbons (Fsp3) is 0.348. The molecule has 0 amide bonds. The first-order valence-corrected chi connectivity index (χ1v) is 10.2. The van der Waals surface area contributed by atoms with Crippen molar-refractivity contribution in [2.75, 3.05) is 11.9 Å². The summed E-state index contributed by atoms with van der Waals surface area (Å²) in [5.41, 5.74) is 5.79. The van der Waals surface area contributed by atoms with Crippen molar-refractivity contribution >= 4 is 22.8 Å². The van der Waals surface area contributed by atoms with Crippen molar-refractivity contribution < 1.29 is 9.60 Å². The zero-order valence-corrected chi connectivity index (χ0v) is 16.4. The van der Waals surface area contributed by atoms with E-state index in [4.69, 9.17) is 10.2 Å². The smallest absolute Gasteiger partial charge is 0.150 e. The molecule has 0 atom stereocenters. The number of benzene rings is 1. The number of hydrogen-bond acceptors (Lipinski definition) is 5. The first kappa shape index (κ1) is 19.3. The number of nitrogens with one attached hydrogen (secondary N) is 1. The molecule has 150 valence electrons. The number of anilines is 1. The summed E-state index contributed by atoms with van der Waals surface area (Å²) in [7, 11) is 0. The summed E-state index contributed by atoms with van der Waals surface area (Å²) < 4.78 is 13.6. The Morgan fingerprint density at radius 3 is 2.83 bits per heavy atom. The van der Waals surface area contributed by atoms with Gasteiger partial charge in [0.15, 0.2) is 5.82 Å². The van der Waals surface area contributed by atoms with Crippen LogP contribution >= 0.6 is 0 Å². The molecule has 0 spiro atoms. The normalized spacial score (nSPS) is 13.7. The Bertz CT molecular complexity index is 1030. The van der Waals surface area contributed by atoms with E-state index >= 15 is 0 Å². The predicted molar refractivity (Wildman–Crippen MR) is 113 cm³/mol. The van der Waals surface area contributed by atoms with E-state index in [0.29, 0.717) is 0 Å². The summed E-state index contributed by atoms with van der Waals surface area (Å²) in [6.45, 7) is 0.868. The molecule has 0 bridgehead atoms. The summed E-state index contributed by atoms with van der Waals surface area (Å²) in [5, 5.41) is 16.3. The standard InChI is InChI=1S/C23H25FN4O/c24-19-13-12-16(27-22(19)15-26-29)7-5-6-14-25-23-17-8-1-3-10-20(17)28-21-11-4-2-9-18(21)23/h1,3,8,10,12-13,15,29H,2,4-7,9,11,14H2,(H,25,28)/b26-15-. The van der Waals surface area contributed by atoms with E-state index in [9.17, 15) is 4.39 Å². The van der Waals surface area contributed by atoms with Crippen LogP contribution in [0.5, 0.6) is 0 Å². The molecule has 5 nitrogen and oxygen atoms in total. The molecule has 2 N–H and O–H groups in total. The predicted octanol–water partition coefficient (Wildman–Crippen LogP) is 4.89. The molecule has 4 rings (SSSR count). The molecule has 1 aliphatic rings. The van der Waals surface area contributed by atoms with Gasteiger partial charge in [-0.25, -0.2) is 9.37 Å². The van der Waals surface area contributed by atoms with Gasteiger partial charge >= 0.3 is 0 Å². The SMILES string of the molecule is O/N=C\c1nc(CCCCNc2c3c(nc4ccccc24)CCCC3)ccc1F. The van der Waals surface area contributed by atoms with Crippen molar-refractivity contribution in [2.45, 2.75) is 44.9 Å². The Balaban J connectivity index is 1.40. The van der Waals surface area contributed by atoms with Gasteiger partial charge in [0.1, 0.15) is 5.69 Å². The van der Waals surface area contributed by atoms with Gasteiger partial charge in [-0.15, -0.1) is 0 Å². The minimum Gasteiger partial charge on any atom is -0.411 e. The fourth-order valence-electron chi connectivity index (χ4n) is 4.00. The van der Waals surface area contributed by atoms with Crippen LogP contribution in [0.4, 0.5) is 10.1 Å². The van der Waals surface area contributed by atoms with E-state index in [-0.39, 0.29) is 5.69 Å². The van der Waals surface area contributed by atoms with Gasteiger partial charge in [0.2, 0.25) is 0 Å². The summed E-state index contributed by atoms with van der Waals surface area (Å²) in [6.07, 6.45) is 8.28. The number of oxime groups is 1. The number of para-hydroxylation sites is 1. The van der Waals surface area contributed by atoms with Crippen LogP contribution in [-0.4, -0.2) is 27.9 Å². The molecule has 0 unspecified atom stereocenters. The van der Waals surface area contributed by atoms with Crippen LogP contribution in [0.3, 0.4) is 0 Å². The maximum atomic E-state index is 13.6. The Morgan fingerprint density at radius 2 is 1.93 bits per heavy atom. The molecule has 0 radical (unpaired) electrons. The minimum absolute atomic E-state index is 0.0676. The van der Waals surface area contributed by atoms with E-state index < -0.39 is 5.82 Å². The monoisotopic (exact) mass is 392 g/mol. The topological polar surface area (TPSA) is 70.4 Å². The van der Waals surface area contributed by atoms with Gasteiger partial charge in [0.25, 0.3) is 0 Å². The Hall–Kier alpha value is -3.02. The van der Waals surface area contributed by atoms with Crippen LogP contribution < -0.4 is 5.32 Å². The second-order valence-corrected chi connectivity index (χ2v) is 7.43. The van der Waals surface area contributed by atoms with E-state index in [1.807, 2.05) is 6.07 Å². The number of pyridine rings is 2. The molecule has 3 aromatic rings. The average molecular weight is 392 g/mol. The summed E-state index contributed by atoms with van der Waals surface area (Å²) >= 11 is 0. The maximum Gasteiger partial charge on any atom is 0.150 e. The minimum atomic E-state index is -0.484. The lowest BCUT2D eigenvalue weighted by Gasteiger charge is -2.21. The number of aromatic nitrogens is 2. The maximum absolute atomic E-state index is 13.6. The van der Waals surface area contributed by atoms with Crippen LogP contribution in [-0.2, 0) is 19.3 Å². The molecule has 0 saturated heterocycles. The quantitative estimate of drug-likeness (QED) is 0.260. The second-order valence-electron chi connectivity index (χ2n) is 7.43. The van der Waals surface area contributed by atoms with E-state index in [0.717, 1.165) is 56.1 Å². The van der Waals surface area contributed by atoms with Gasteiger partial charge in [-0.2, -0.15) is 0 Å². The van der Waals surface area contributed by atoms with Crippen LogP contribution in [0, 0.1) is 5.82 Å². The van der Waals surface area contributed by atoms with Crippen molar-refractivity contribution in [3.05, 3.63) is 64.9 Å². The highest BCUT2D eigenvalue weighted by Crippen LogP contribution is 2.33. The highest BCUT2D eigenvalue weighted by atomic mass is 19.1. The van der Waals surface area contributed by atoms with Crippen molar-refractivity contribution in [2.24, 2.45) is 5.16 Å². The molecular weight excluding hydrogens is 367 g/mol. The van der Waals surface area contributed by atoms with Crippen LogP contribution in [0.25, 0.3) is 10.9 Å². The van der Waals surface area contributed by atoms with Crippen LogP contribution in [0.15, 0.2) is 41.6 Å². The van der Waals surface area contributed by atoms with E-state index in [1.54, 1.807) is 6.07 Å². The summed E-state index contributed by atoms with van der Waals surface area (Å²) in [4.78, 5) is 9.09. The Labute approximate surface area is 169 Å². The van der Waals surface area contributed by atoms with Crippen molar-refractivity contribution in [1.82, 2.24) is 9.97 Å². The van der Waals surface area contributed by atoms with E-state index in [1.165, 1.54) is 41.2 Å². The number of aryl methyl sites for hydroxylation is 2. The third kappa shape index (κ3) is 4.36. The zero-order chi connectivity index (χ0) is 20.1. The number of hydrogen-bond donors (Lipinski definition) is 2. The van der Waals surface area contributed by atoms with Gasteiger partial charge in [0.05, 0.1) is 11.7 Å². The lowest BCUT2D eigenvalue weighted by Crippen LogP contribution is -2.12. The molecule has 0 fully saturated rings. The van der Waals surface area contributed by atoms with Gasteiger partial charge in [0, 0.05) is 29.0 Å². The lowest BCUT2D eigenvalue weighted by molar-refractivity contribution is 0.321.